The summed E-state index contributed by atoms with van der Waals surface area (Å²) in [5.74, 6) is -4.14. The fourth-order valence-corrected chi connectivity index (χ4v) is 5.14. The van der Waals surface area contributed by atoms with Crippen molar-refractivity contribution < 1.29 is 18.0 Å². The fourth-order valence-electron chi connectivity index (χ4n) is 5.14. The van der Waals surface area contributed by atoms with Gasteiger partial charge in [0.05, 0.1) is 23.1 Å². The van der Waals surface area contributed by atoms with E-state index < -0.39 is 17.5 Å². The Labute approximate surface area is 194 Å². The number of amides is 1. The van der Waals surface area contributed by atoms with Crippen LogP contribution in [0.25, 0.3) is 16.9 Å². The van der Waals surface area contributed by atoms with E-state index in [0.29, 0.717) is 41.3 Å². The zero-order valence-corrected chi connectivity index (χ0v) is 19.3. The summed E-state index contributed by atoms with van der Waals surface area (Å²) in [6.45, 7) is 5.72. The maximum atomic E-state index is 14.0. The molecule has 1 amide bonds. The Bertz CT molecular complexity index is 1420. The van der Waals surface area contributed by atoms with Crippen molar-refractivity contribution in [1.82, 2.24) is 24.1 Å². The average molecular weight is 467 g/mol. The van der Waals surface area contributed by atoms with Gasteiger partial charge in [-0.15, -0.1) is 0 Å². The topological polar surface area (TPSA) is 55.4 Å². The third-order valence-electron chi connectivity index (χ3n) is 6.69. The van der Waals surface area contributed by atoms with E-state index in [4.69, 9.17) is 0 Å². The molecule has 0 saturated heterocycles. The van der Waals surface area contributed by atoms with Gasteiger partial charge in [0, 0.05) is 30.4 Å². The van der Waals surface area contributed by atoms with Crippen LogP contribution in [-0.4, -0.2) is 36.0 Å². The lowest BCUT2D eigenvalue weighted by Gasteiger charge is -2.40. The Hall–Kier alpha value is -3.62. The van der Waals surface area contributed by atoms with Crippen LogP contribution in [0.15, 0.2) is 36.5 Å². The summed E-state index contributed by atoms with van der Waals surface area (Å²) in [5, 5.41) is 4.62. The molecule has 0 bridgehead atoms. The fraction of sp³-hybridized carbons (Fsp3) is 0.320. The zero-order chi connectivity index (χ0) is 24.3. The van der Waals surface area contributed by atoms with E-state index in [2.05, 4.69) is 10.1 Å². The van der Waals surface area contributed by atoms with Gasteiger partial charge in [-0.25, -0.2) is 18.2 Å². The molecule has 0 aliphatic carbocycles. The number of nitrogens with zero attached hydrogens (tertiary/aromatic N) is 5. The molecule has 0 radical (unpaired) electrons. The molecule has 4 heterocycles. The first-order valence-corrected chi connectivity index (χ1v) is 11.2. The number of carbonyl (C=O) groups is 1. The standard InChI is InChI=1S/C25H24F3N5O/c1-5-16-12-17-22(30-31(4)24(17)15-10-18(26)21(28)19(27)11-15)14(3)33(16)25(34)23-13(2)29-20-8-6-7-9-32(20)23/h6-11,14,16H,5,12H2,1-4H3. The Morgan fingerprint density at radius 2 is 1.88 bits per heavy atom. The second-order valence-electron chi connectivity index (χ2n) is 8.72. The zero-order valence-electron chi connectivity index (χ0n) is 19.3. The van der Waals surface area contributed by atoms with Gasteiger partial charge in [-0.05, 0) is 51.0 Å². The van der Waals surface area contributed by atoms with Crippen LogP contribution in [0.2, 0.25) is 0 Å². The van der Waals surface area contributed by atoms with E-state index >= 15 is 0 Å². The highest BCUT2D eigenvalue weighted by Gasteiger charge is 2.40. The largest absolute Gasteiger partial charge is 0.326 e. The van der Waals surface area contributed by atoms with E-state index in [9.17, 15) is 18.0 Å². The third kappa shape index (κ3) is 3.21. The van der Waals surface area contributed by atoms with Gasteiger partial charge in [0.2, 0.25) is 0 Å². The summed E-state index contributed by atoms with van der Waals surface area (Å²) in [5.41, 5.74) is 4.05. The van der Waals surface area contributed by atoms with Crippen LogP contribution < -0.4 is 0 Å². The van der Waals surface area contributed by atoms with Gasteiger partial charge in [0.1, 0.15) is 11.3 Å². The van der Waals surface area contributed by atoms with Gasteiger partial charge in [-0.2, -0.15) is 5.10 Å². The molecule has 2 atom stereocenters. The molecule has 1 aliphatic heterocycles. The molecule has 0 saturated carbocycles. The van der Waals surface area contributed by atoms with Crippen molar-refractivity contribution in [3.8, 4) is 11.3 Å². The molecule has 2 unspecified atom stereocenters. The molecule has 1 aliphatic rings. The highest BCUT2D eigenvalue weighted by Crippen LogP contribution is 2.40. The molecule has 0 N–H and O–H groups in total. The van der Waals surface area contributed by atoms with Crippen molar-refractivity contribution in [1.29, 1.82) is 0 Å². The summed E-state index contributed by atoms with van der Waals surface area (Å²) < 4.78 is 44.9. The van der Waals surface area contributed by atoms with Gasteiger partial charge in [0.15, 0.2) is 17.5 Å². The first kappa shape index (κ1) is 22.2. The van der Waals surface area contributed by atoms with Crippen molar-refractivity contribution in [2.24, 2.45) is 7.05 Å². The van der Waals surface area contributed by atoms with Crippen LogP contribution in [0, 0.1) is 24.4 Å². The summed E-state index contributed by atoms with van der Waals surface area (Å²) in [4.78, 5) is 20.2. The van der Waals surface area contributed by atoms with E-state index in [-0.39, 0.29) is 23.6 Å². The second kappa shape index (κ2) is 8.00. The van der Waals surface area contributed by atoms with Crippen molar-refractivity contribution in [3.63, 3.8) is 0 Å². The lowest BCUT2D eigenvalue weighted by Crippen LogP contribution is -2.46. The molecule has 176 valence electrons. The third-order valence-corrected chi connectivity index (χ3v) is 6.69. The van der Waals surface area contributed by atoms with Crippen LogP contribution in [0.5, 0.6) is 0 Å². The molecular weight excluding hydrogens is 443 g/mol. The van der Waals surface area contributed by atoms with Gasteiger partial charge in [-0.1, -0.05) is 13.0 Å². The van der Waals surface area contributed by atoms with Crippen LogP contribution in [-0.2, 0) is 13.5 Å². The van der Waals surface area contributed by atoms with E-state index in [0.717, 1.165) is 17.7 Å². The maximum absolute atomic E-state index is 14.0. The summed E-state index contributed by atoms with van der Waals surface area (Å²) in [6, 6.07) is 7.00. The number of rotatable bonds is 3. The number of hydrogen-bond donors (Lipinski definition) is 0. The van der Waals surface area contributed by atoms with E-state index in [1.165, 1.54) is 0 Å². The van der Waals surface area contributed by atoms with Crippen molar-refractivity contribution in [2.75, 3.05) is 0 Å². The number of pyridine rings is 1. The minimum atomic E-state index is -1.50. The normalized spacial score (nSPS) is 17.9. The summed E-state index contributed by atoms with van der Waals surface area (Å²) in [6.07, 6.45) is 2.95. The monoisotopic (exact) mass is 467 g/mol. The molecule has 4 aromatic rings. The maximum Gasteiger partial charge on any atom is 0.273 e. The minimum Gasteiger partial charge on any atom is -0.326 e. The first-order chi connectivity index (χ1) is 16.2. The van der Waals surface area contributed by atoms with Crippen molar-refractivity contribution in [3.05, 3.63) is 76.6 Å². The Balaban J connectivity index is 1.62. The van der Waals surface area contributed by atoms with E-state index in [1.807, 2.05) is 50.1 Å². The first-order valence-electron chi connectivity index (χ1n) is 11.2. The van der Waals surface area contributed by atoms with E-state index in [1.54, 1.807) is 16.1 Å². The Morgan fingerprint density at radius 3 is 2.56 bits per heavy atom. The number of fused-ring (bicyclic) bond motifs is 2. The number of hydrogen-bond acceptors (Lipinski definition) is 3. The molecule has 5 rings (SSSR count). The number of aryl methyl sites for hydroxylation is 2. The van der Waals surface area contributed by atoms with Crippen LogP contribution in [0.1, 0.15) is 53.7 Å². The predicted molar refractivity (Wildman–Crippen MR) is 121 cm³/mol. The molecule has 9 heteroatoms. The average Bonchev–Trinajstić information content (AvgIpc) is 3.32. The molecular formula is C25H24F3N5O. The van der Waals surface area contributed by atoms with Crippen LogP contribution >= 0.6 is 0 Å². The number of benzene rings is 1. The lowest BCUT2D eigenvalue weighted by molar-refractivity contribution is 0.0537. The summed E-state index contributed by atoms with van der Waals surface area (Å²) >= 11 is 0. The minimum absolute atomic E-state index is 0.146. The van der Waals surface area contributed by atoms with Crippen LogP contribution in [0.3, 0.4) is 0 Å². The quantitative estimate of drug-likeness (QED) is 0.399. The SMILES string of the molecule is CCC1Cc2c(nn(C)c2-c2cc(F)c(F)c(F)c2)C(C)N1C(=O)c1c(C)nc2ccccn12. The van der Waals surface area contributed by atoms with Gasteiger partial charge < -0.3 is 4.90 Å². The Kier molecular flexibility index (Phi) is 5.22. The van der Waals surface area contributed by atoms with Crippen molar-refractivity contribution in [2.45, 2.75) is 45.7 Å². The van der Waals surface area contributed by atoms with Gasteiger partial charge >= 0.3 is 0 Å². The smallest absolute Gasteiger partial charge is 0.273 e. The van der Waals surface area contributed by atoms with Crippen molar-refractivity contribution >= 4 is 11.6 Å². The number of imidazole rings is 1. The van der Waals surface area contributed by atoms with Gasteiger partial charge in [0.25, 0.3) is 5.91 Å². The molecule has 1 aromatic carbocycles. The number of aromatic nitrogens is 4. The predicted octanol–water partition coefficient (Wildman–Crippen LogP) is 5.00. The molecule has 34 heavy (non-hydrogen) atoms. The van der Waals surface area contributed by atoms with Crippen LogP contribution in [0.4, 0.5) is 13.2 Å². The van der Waals surface area contributed by atoms with Gasteiger partial charge in [-0.3, -0.25) is 13.9 Å². The molecule has 0 spiro atoms. The molecule has 0 fully saturated rings. The highest BCUT2D eigenvalue weighted by molar-refractivity contribution is 5.95. The lowest BCUT2D eigenvalue weighted by atomic mass is 9.89. The second-order valence-corrected chi connectivity index (χ2v) is 8.72. The number of halogens is 3. The molecule has 6 nitrogen and oxygen atoms in total. The summed E-state index contributed by atoms with van der Waals surface area (Å²) in [7, 11) is 1.68. The molecule has 3 aromatic heterocycles. The Morgan fingerprint density at radius 1 is 1.18 bits per heavy atom. The number of carbonyl (C=O) groups excluding carboxylic acids is 1. The highest BCUT2D eigenvalue weighted by atomic mass is 19.2.